The molecule has 2 amide bonds. The Kier molecular flexibility index (Phi) is 30.7. The van der Waals surface area contributed by atoms with E-state index in [0.29, 0.717) is 71.5 Å². The van der Waals surface area contributed by atoms with E-state index in [1.165, 1.54) is 30.8 Å². The summed E-state index contributed by atoms with van der Waals surface area (Å²) in [6.45, 7) is 23.2. The number of nitrogens with zero attached hydrogens (tertiary/aromatic N) is 5. The molecule has 0 N–H and O–H groups in total. The van der Waals surface area contributed by atoms with Crippen molar-refractivity contribution in [3.05, 3.63) is 11.9 Å². The van der Waals surface area contributed by atoms with Crippen LogP contribution >= 0.6 is 0 Å². The molecule has 2 unspecified atom stereocenters. The molecule has 0 bridgehead atoms. The van der Waals surface area contributed by atoms with Crippen LogP contribution in [0.4, 0.5) is 0 Å². The van der Waals surface area contributed by atoms with Gasteiger partial charge in [0.1, 0.15) is 12.0 Å². The first-order valence-electron chi connectivity index (χ1n) is 16.5. The van der Waals surface area contributed by atoms with E-state index >= 15 is 0 Å². The maximum atomic E-state index is 11.9. The molecular weight excluding hydrogens is 566 g/mol. The van der Waals surface area contributed by atoms with Gasteiger partial charge >= 0.3 is 0 Å². The number of hydrogen-bond donors (Lipinski definition) is 0. The van der Waals surface area contributed by atoms with Gasteiger partial charge in [-0.1, -0.05) is 67.0 Å². The second-order valence-electron chi connectivity index (χ2n) is 10.2. The van der Waals surface area contributed by atoms with E-state index in [1.807, 2.05) is 27.7 Å². The molecule has 0 saturated carbocycles. The quantitative estimate of drug-likeness (QED) is 0.140. The van der Waals surface area contributed by atoms with E-state index in [4.69, 9.17) is 18.9 Å². The van der Waals surface area contributed by atoms with Crippen LogP contribution in [-0.2, 0) is 46.4 Å². The first-order valence-corrected chi connectivity index (χ1v) is 16.5. The molecule has 3 rings (SSSR count). The zero-order valence-electron chi connectivity index (χ0n) is 29.2. The van der Waals surface area contributed by atoms with Gasteiger partial charge < -0.3 is 28.6 Å². The third-order valence-corrected chi connectivity index (χ3v) is 5.96. The molecule has 0 radical (unpaired) electrons. The normalized spacial score (nSPS) is 17.4. The summed E-state index contributed by atoms with van der Waals surface area (Å²) in [5, 5.41) is 8.00. The number of aromatic nitrogens is 3. The second-order valence-corrected chi connectivity index (χ2v) is 10.2. The lowest BCUT2D eigenvalue weighted by Gasteiger charge is -2.11. The van der Waals surface area contributed by atoms with Crippen molar-refractivity contribution in [2.24, 2.45) is 11.8 Å². The molecule has 2 aliphatic rings. The van der Waals surface area contributed by atoms with Gasteiger partial charge in [-0.2, -0.15) is 0 Å². The van der Waals surface area contributed by atoms with Crippen molar-refractivity contribution in [2.45, 2.75) is 94.2 Å². The van der Waals surface area contributed by atoms with E-state index in [2.05, 4.69) is 43.0 Å². The fraction of sp³-hybridized carbons (Fsp3) is 0.844. The van der Waals surface area contributed by atoms with Gasteiger partial charge in [-0.3, -0.25) is 14.5 Å². The van der Waals surface area contributed by atoms with Crippen LogP contribution in [0.2, 0.25) is 0 Å². The summed E-state index contributed by atoms with van der Waals surface area (Å²) < 4.78 is 23.0. The first kappa shape index (κ1) is 43.9. The summed E-state index contributed by atoms with van der Waals surface area (Å²) in [4.78, 5) is 37.5. The Morgan fingerprint density at radius 1 is 0.886 bits per heavy atom. The van der Waals surface area contributed by atoms with Crippen molar-refractivity contribution < 1.29 is 33.3 Å². The number of aldehydes is 1. The van der Waals surface area contributed by atoms with Gasteiger partial charge in [0, 0.05) is 25.3 Å². The largest absolute Gasteiger partial charge is 0.379 e. The van der Waals surface area contributed by atoms with Gasteiger partial charge in [-0.15, -0.1) is 5.10 Å². The number of rotatable bonds is 17. The molecule has 0 spiro atoms. The molecule has 258 valence electrons. The van der Waals surface area contributed by atoms with Gasteiger partial charge in [0.2, 0.25) is 11.8 Å². The van der Waals surface area contributed by atoms with Gasteiger partial charge in [-0.05, 0) is 25.9 Å². The number of hydrogen-bond acceptors (Lipinski definition) is 10. The van der Waals surface area contributed by atoms with E-state index in [0.717, 1.165) is 12.2 Å². The number of amides is 2. The van der Waals surface area contributed by atoms with Crippen molar-refractivity contribution in [2.75, 3.05) is 73.0 Å². The van der Waals surface area contributed by atoms with Crippen LogP contribution in [0.3, 0.4) is 0 Å². The van der Waals surface area contributed by atoms with Gasteiger partial charge in [0.15, 0.2) is 0 Å². The summed E-state index contributed by atoms with van der Waals surface area (Å²) in [6, 6.07) is 0. The molecule has 2 atom stereocenters. The van der Waals surface area contributed by atoms with Crippen LogP contribution in [0, 0.1) is 11.8 Å². The minimum Gasteiger partial charge on any atom is -0.379 e. The highest BCUT2D eigenvalue weighted by molar-refractivity contribution is 6.03. The smallest absolute Gasteiger partial charge is 0.232 e. The number of carbonyl (C=O) groups is 3. The van der Waals surface area contributed by atoms with E-state index in [9.17, 15) is 14.4 Å². The molecule has 2 saturated heterocycles. The molecule has 44 heavy (non-hydrogen) atoms. The molecule has 2 fully saturated rings. The first-order chi connectivity index (χ1) is 21.3. The van der Waals surface area contributed by atoms with Crippen LogP contribution < -0.4 is 0 Å². The molecule has 3 heterocycles. The van der Waals surface area contributed by atoms with Crippen molar-refractivity contribution in [3.8, 4) is 0 Å². The third-order valence-electron chi connectivity index (χ3n) is 5.96. The molecular formula is C32H63N5O7. The highest BCUT2D eigenvalue weighted by atomic mass is 16.6. The van der Waals surface area contributed by atoms with Gasteiger partial charge in [0.05, 0.1) is 72.1 Å². The topological polar surface area (TPSA) is 125 Å². The summed E-state index contributed by atoms with van der Waals surface area (Å²) in [5.41, 5.74) is 0.572. The van der Waals surface area contributed by atoms with Crippen molar-refractivity contribution in [3.63, 3.8) is 0 Å². The maximum absolute atomic E-state index is 11.9. The molecule has 1 aromatic rings. The van der Waals surface area contributed by atoms with Crippen molar-refractivity contribution in [1.82, 2.24) is 24.8 Å². The van der Waals surface area contributed by atoms with Crippen molar-refractivity contribution in [1.29, 1.82) is 0 Å². The Bertz CT molecular complexity index is 817. The monoisotopic (exact) mass is 629 g/mol. The lowest BCUT2D eigenvalue weighted by Crippen LogP contribution is -2.29. The second kappa shape index (κ2) is 30.8. The van der Waals surface area contributed by atoms with Gasteiger partial charge in [0.25, 0.3) is 0 Å². The summed E-state index contributed by atoms with van der Waals surface area (Å²) in [7, 11) is 2.18. The highest BCUT2D eigenvalue weighted by Crippen LogP contribution is 2.20. The summed E-state index contributed by atoms with van der Waals surface area (Å²) >= 11 is 0. The molecule has 2 aliphatic heterocycles. The zero-order valence-corrected chi connectivity index (χ0v) is 29.2. The average Bonchev–Trinajstić information content (AvgIpc) is 3.71. The lowest BCUT2D eigenvalue weighted by molar-refractivity contribution is -0.140. The molecule has 12 nitrogen and oxygen atoms in total. The molecule has 1 aromatic heterocycles. The molecule has 0 aliphatic carbocycles. The fourth-order valence-corrected chi connectivity index (χ4v) is 3.90. The summed E-state index contributed by atoms with van der Waals surface area (Å²) in [6.07, 6.45) is 5.84. The summed E-state index contributed by atoms with van der Waals surface area (Å²) in [5.74, 6) is 0.359. The minimum absolute atomic E-state index is 0.156. The average molecular weight is 630 g/mol. The third kappa shape index (κ3) is 22.3. The number of ether oxygens (including phenoxy) is 4. The fourth-order valence-electron chi connectivity index (χ4n) is 3.90. The Morgan fingerprint density at radius 2 is 1.41 bits per heavy atom. The van der Waals surface area contributed by atoms with E-state index < -0.39 is 0 Å². The van der Waals surface area contributed by atoms with Crippen LogP contribution in [0.25, 0.3) is 0 Å². The van der Waals surface area contributed by atoms with E-state index in [1.54, 1.807) is 17.8 Å². The number of imide groups is 1. The highest BCUT2D eigenvalue weighted by Gasteiger charge is 2.35. The van der Waals surface area contributed by atoms with Crippen LogP contribution in [-0.4, -0.2) is 116 Å². The minimum atomic E-state index is -0.261. The van der Waals surface area contributed by atoms with Crippen LogP contribution in [0.1, 0.15) is 86.8 Å². The lowest BCUT2D eigenvalue weighted by atomic mass is 10.1. The van der Waals surface area contributed by atoms with Crippen LogP contribution in [0.15, 0.2) is 6.20 Å². The Labute approximate surface area is 267 Å². The van der Waals surface area contributed by atoms with Crippen molar-refractivity contribution >= 4 is 18.1 Å². The standard InChI is InChI=1S/C19H30N4O7.C6H13N.C3H8.2C2H6/c1-16-13-18(25)23(19(16)26)15-17-14-22(21-20-17)3-6-28-8-10-30-12-11-29-9-7-27-5-2-4-24;1-6-3-4-7(2)5-6;1-3-2;2*1-2/h4,14,16H,2-3,5-13,15H2,1H3;6H,3-5H2,1-2H3;3H2,1-2H3;2*1-2H3. The Balaban J connectivity index is 0. The predicted molar refractivity (Wildman–Crippen MR) is 173 cm³/mol. The molecule has 0 aromatic carbocycles. The molecule has 12 heteroatoms. The van der Waals surface area contributed by atoms with Crippen LogP contribution in [0.5, 0.6) is 0 Å². The van der Waals surface area contributed by atoms with Gasteiger partial charge in [-0.25, -0.2) is 4.68 Å². The van der Waals surface area contributed by atoms with E-state index in [-0.39, 0.29) is 30.7 Å². The number of likely N-dealkylation sites (tertiary alicyclic amines) is 2. The SMILES string of the molecule is CC.CC.CC1CC(=O)N(Cc2cn(CCOCCOCCOCCOCCC=O)nn2)C1=O.CC1CCN(C)C1.CCC. The number of carbonyl (C=O) groups excluding carboxylic acids is 3. The Hall–Kier alpha value is -2.25. The predicted octanol–water partition coefficient (Wildman–Crippen LogP) is 4.26. The Morgan fingerprint density at radius 3 is 1.82 bits per heavy atom. The maximum Gasteiger partial charge on any atom is 0.232 e. The zero-order chi connectivity index (χ0) is 33.6.